The van der Waals surface area contributed by atoms with Gasteiger partial charge in [-0.3, -0.25) is 9.59 Å². The predicted molar refractivity (Wildman–Crippen MR) is 111 cm³/mol. The lowest BCUT2D eigenvalue weighted by atomic mass is 9.48. The molecule has 30 heavy (non-hydrogen) atoms. The molecule has 1 aliphatic heterocycles. The highest BCUT2D eigenvalue weighted by Gasteiger charge is 2.53. The van der Waals surface area contributed by atoms with Crippen molar-refractivity contribution in [2.24, 2.45) is 22.7 Å². The highest BCUT2D eigenvalue weighted by atomic mass is 16.7. The van der Waals surface area contributed by atoms with Gasteiger partial charge in [-0.05, 0) is 55.3 Å². The van der Waals surface area contributed by atoms with Crippen LogP contribution in [0, 0.1) is 22.7 Å². The van der Waals surface area contributed by atoms with Crippen LogP contribution in [0.25, 0.3) is 0 Å². The van der Waals surface area contributed by atoms with Crippen molar-refractivity contribution in [3.05, 3.63) is 23.3 Å². The van der Waals surface area contributed by atoms with E-state index in [1.165, 1.54) is 38.3 Å². The number of esters is 3. The van der Waals surface area contributed by atoms with E-state index >= 15 is 0 Å². The van der Waals surface area contributed by atoms with Crippen LogP contribution in [0.15, 0.2) is 23.3 Å². The molecule has 0 N–H and O–H groups in total. The van der Waals surface area contributed by atoms with Crippen molar-refractivity contribution in [3.8, 4) is 0 Å². The van der Waals surface area contributed by atoms with Crippen molar-refractivity contribution >= 4 is 17.9 Å². The molecule has 166 valence electrons. The lowest BCUT2D eigenvalue weighted by molar-refractivity contribution is -0.174. The number of hydrogen-bond donors (Lipinski definition) is 0. The molecule has 6 nitrogen and oxygen atoms in total. The summed E-state index contributed by atoms with van der Waals surface area (Å²) in [6, 6.07) is 0. The maximum absolute atomic E-state index is 11.9. The molecule has 0 bridgehead atoms. The summed E-state index contributed by atoms with van der Waals surface area (Å²) in [5, 5.41) is 0. The van der Waals surface area contributed by atoms with Crippen molar-refractivity contribution in [2.75, 3.05) is 0 Å². The summed E-state index contributed by atoms with van der Waals surface area (Å²) >= 11 is 0. The van der Waals surface area contributed by atoms with E-state index in [0.717, 1.165) is 12.8 Å². The second-order valence-corrected chi connectivity index (χ2v) is 9.99. The van der Waals surface area contributed by atoms with E-state index < -0.39 is 30.3 Å². The first-order valence-electron chi connectivity index (χ1n) is 10.9. The average Bonchev–Trinajstić information content (AvgIpc) is 2.95. The molecule has 5 atom stereocenters. The molecule has 1 heterocycles. The van der Waals surface area contributed by atoms with Crippen molar-refractivity contribution in [1.82, 2.24) is 0 Å². The molecule has 0 aromatic carbocycles. The van der Waals surface area contributed by atoms with Gasteiger partial charge in [0.05, 0.1) is 5.57 Å². The Kier molecular flexibility index (Phi) is 6.17. The number of fused-ring (bicyclic) bond motifs is 1. The van der Waals surface area contributed by atoms with Gasteiger partial charge in [-0.25, -0.2) is 4.79 Å². The molecular weight excluding hydrogens is 384 g/mol. The molecule has 1 unspecified atom stereocenters. The Morgan fingerprint density at radius 2 is 1.90 bits per heavy atom. The molecule has 2 aliphatic carbocycles. The normalized spacial score (nSPS) is 33.5. The fourth-order valence-corrected chi connectivity index (χ4v) is 6.16. The van der Waals surface area contributed by atoms with Gasteiger partial charge in [0.1, 0.15) is 6.10 Å². The van der Waals surface area contributed by atoms with Crippen LogP contribution >= 0.6 is 0 Å². The minimum atomic E-state index is -1.14. The Hall–Kier alpha value is -2.11. The van der Waals surface area contributed by atoms with E-state index in [4.69, 9.17) is 14.2 Å². The number of ether oxygens (including phenoxy) is 3. The molecule has 1 fully saturated rings. The topological polar surface area (TPSA) is 78.9 Å². The highest BCUT2D eigenvalue weighted by molar-refractivity contribution is 5.86. The molecule has 0 aromatic rings. The van der Waals surface area contributed by atoms with Gasteiger partial charge in [-0.15, -0.1) is 0 Å². The molecule has 3 rings (SSSR count). The van der Waals surface area contributed by atoms with Crippen molar-refractivity contribution in [3.63, 3.8) is 0 Å². The predicted octanol–water partition coefficient (Wildman–Crippen LogP) is 4.48. The van der Waals surface area contributed by atoms with Gasteiger partial charge in [0.2, 0.25) is 0 Å². The number of cyclic esters (lactones) is 1. The number of carbonyl (C=O) groups excluding carboxylic acids is 3. The monoisotopic (exact) mass is 418 g/mol. The molecular formula is C24H34O6. The highest BCUT2D eigenvalue weighted by Crippen LogP contribution is 2.60. The number of rotatable bonds is 5. The van der Waals surface area contributed by atoms with E-state index in [1.807, 2.05) is 0 Å². The molecule has 1 saturated carbocycles. The maximum atomic E-state index is 11.9. The van der Waals surface area contributed by atoms with Gasteiger partial charge in [-0.2, -0.15) is 0 Å². The Labute approximate surface area is 179 Å². The fraction of sp³-hybridized carbons (Fsp3) is 0.708. The lowest BCUT2D eigenvalue weighted by Gasteiger charge is -2.57. The summed E-state index contributed by atoms with van der Waals surface area (Å²) in [6.45, 7) is 11.8. The molecule has 0 radical (unpaired) electrons. The third-order valence-electron chi connectivity index (χ3n) is 7.48. The molecule has 6 heteroatoms. The Morgan fingerprint density at radius 1 is 1.20 bits per heavy atom. The van der Waals surface area contributed by atoms with Crippen LogP contribution in [-0.2, 0) is 28.6 Å². The summed E-state index contributed by atoms with van der Waals surface area (Å²) in [6.07, 6.45) is 6.88. The Balaban J connectivity index is 1.94. The third kappa shape index (κ3) is 4.33. The van der Waals surface area contributed by atoms with E-state index in [9.17, 15) is 14.4 Å². The smallest absolute Gasteiger partial charge is 0.334 e. The zero-order valence-corrected chi connectivity index (χ0v) is 18.9. The van der Waals surface area contributed by atoms with Gasteiger partial charge in [0.25, 0.3) is 6.29 Å². The van der Waals surface area contributed by atoms with Crippen LogP contribution in [0.4, 0.5) is 0 Å². The standard InChI is InChI=1S/C24H34O6/c1-14-8-9-20-23(4,5)10-7-11-24(20,6)18(14)13-19(28-15(2)25)17-12-21(27)30-22(17)29-16(3)26/h8,12,18-20,22H,7,9-11,13H2,1-6H3/t18-,19-,20-,22?,24+/m0/s1. The zero-order valence-electron chi connectivity index (χ0n) is 18.9. The van der Waals surface area contributed by atoms with E-state index in [-0.39, 0.29) is 16.7 Å². The van der Waals surface area contributed by atoms with Crippen LogP contribution in [0.1, 0.15) is 73.6 Å². The minimum absolute atomic E-state index is 0.0694. The molecule has 0 amide bonds. The molecule has 0 spiro atoms. The van der Waals surface area contributed by atoms with Crippen LogP contribution in [0.3, 0.4) is 0 Å². The maximum Gasteiger partial charge on any atom is 0.334 e. The van der Waals surface area contributed by atoms with Gasteiger partial charge in [-0.1, -0.05) is 38.8 Å². The molecule has 0 saturated heterocycles. The van der Waals surface area contributed by atoms with Gasteiger partial charge >= 0.3 is 17.9 Å². The van der Waals surface area contributed by atoms with Gasteiger partial charge < -0.3 is 14.2 Å². The summed E-state index contributed by atoms with van der Waals surface area (Å²) in [5.41, 5.74) is 2.00. The van der Waals surface area contributed by atoms with E-state index in [2.05, 4.69) is 33.8 Å². The number of hydrogen-bond acceptors (Lipinski definition) is 6. The van der Waals surface area contributed by atoms with Crippen LogP contribution in [0.5, 0.6) is 0 Å². The Bertz CT molecular complexity index is 792. The van der Waals surface area contributed by atoms with Crippen molar-refractivity contribution in [1.29, 1.82) is 0 Å². The summed E-state index contributed by atoms with van der Waals surface area (Å²) in [7, 11) is 0. The first kappa shape index (κ1) is 22.6. The zero-order chi connectivity index (χ0) is 22.3. The van der Waals surface area contributed by atoms with E-state index in [0.29, 0.717) is 17.9 Å². The van der Waals surface area contributed by atoms with Gasteiger partial charge in [0.15, 0.2) is 0 Å². The van der Waals surface area contributed by atoms with Crippen LogP contribution in [-0.4, -0.2) is 30.3 Å². The van der Waals surface area contributed by atoms with E-state index in [1.54, 1.807) is 0 Å². The van der Waals surface area contributed by atoms with Gasteiger partial charge in [0, 0.05) is 19.9 Å². The van der Waals surface area contributed by atoms with Crippen LogP contribution < -0.4 is 0 Å². The second-order valence-electron chi connectivity index (χ2n) is 9.99. The summed E-state index contributed by atoms with van der Waals surface area (Å²) < 4.78 is 16.0. The quantitative estimate of drug-likeness (QED) is 0.484. The fourth-order valence-electron chi connectivity index (χ4n) is 6.16. The largest absolute Gasteiger partial charge is 0.458 e. The SMILES string of the molecule is CC(=O)OC1OC(=O)C=C1[C@H](C[C@H]1C(C)=CC[C@H]2C(C)(C)CCC[C@]12C)OC(C)=O. The number of allylic oxidation sites excluding steroid dienone is 2. The Morgan fingerprint density at radius 3 is 2.53 bits per heavy atom. The summed E-state index contributed by atoms with van der Waals surface area (Å²) in [5.74, 6) is -0.867. The number of carbonyl (C=O) groups is 3. The molecule has 3 aliphatic rings. The summed E-state index contributed by atoms with van der Waals surface area (Å²) in [4.78, 5) is 35.3. The first-order valence-corrected chi connectivity index (χ1v) is 10.9. The third-order valence-corrected chi connectivity index (χ3v) is 7.48. The lowest BCUT2D eigenvalue weighted by Crippen LogP contribution is -2.49. The minimum Gasteiger partial charge on any atom is -0.458 e. The van der Waals surface area contributed by atoms with Crippen molar-refractivity contribution < 1.29 is 28.6 Å². The average molecular weight is 419 g/mol. The first-order chi connectivity index (χ1) is 13.9. The van der Waals surface area contributed by atoms with Crippen LogP contribution in [0.2, 0.25) is 0 Å². The van der Waals surface area contributed by atoms with Crippen molar-refractivity contribution in [2.45, 2.75) is 86.0 Å². The second kappa shape index (κ2) is 8.20. The molecule has 0 aromatic heterocycles.